The van der Waals surface area contributed by atoms with E-state index >= 15 is 0 Å². The van der Waals surface area contributed by atoms with Gasteiger partial charge in [-0.2, -0.15) is 0 Å². The summed E-state index contributed by atoms with van der Waals surface area (Å²) in [5.74, 6) is -2.52. The van der Waals surface area contributed by atoms with Crippen molar-refractivity contribution in [2.45, 2.75) is 64.7 Å². The third-order valence-electron chi connectivity index (χ3n) is 5.49. The number of piperidine rings is 1. The zero-order chi connectivity index (χ0) is 24.0. The Kier molecular flexibility index (Phi) is 8.35. The van der Waals surface area contributed by atoms with Crippen molar-refractivity contribution >= 4 is 33.8 Å². The average Bonchev–Trinajstić information content (AvgIpc) is 2.71. The van der Waals surface area contributed by atoms with E-state index in [2.05, 4.69) is 28.2 Å². The molecule has 2 heterocycles. The molecule has 8 heteroatoms. The molecule has 7 nitrogen and oxygen atoms in total. The van der Waals surface area contributed by atoms with Crippen LogP contribution in [0.2, 0.25) is 0 Å². The van der Waals surface area contributed by atoms with Gasteiger partial charge < -0.3 is 19.5 Å². The van der Waals surface area contributed by atoms with Crippen LogP contribution < -0.4 is 5.32 Å². The number of benzene rings is 1. The van der Waals surface area contributed by atoms with Crippen LogP contribution in [-0.4, -0.2) is 36.3 Å². The Morgan fingerprint density at radius 1 is 1.18 bits per heavy atom. The van der Waals surface area contributed by atoms with E-state index in [1.165, 1.54) is 0 Å². The first-order valence-corrected chi connectivity index (χ1v) is 12.0. The molecule has 2 saturated heterocycles. The Labute approximate surface area is 202 Å². The van der Waals surface area contributed by atoms with Gasteiger partial charge in [-0.15, -0.1) is 0 Å². The molecule has 0 aliphatic carbocycles. The van der Waals surface area contributed by atoms with Gasteiger partial charge in [-0.25, -0.2) is 14.4 Å². The van der Waals surface area contributed by atoms with Gasteiger partial charge in [0.1, 0.15) is 6.61 Å². The van der Waals surface area contributed by atoms with Gasteiger partial charge in [0.2, 0.25) is 0 Å². The van der Waals surface area contributed by atoms with Crippen LogP contribution in [0.4, 0.5) is 0 Å². The number of esters is 3. The van der Waals surface area contributed by atoms with Crippen LogP contribution >= 0.6 is 15.9 Å². The highest BCUT2D eigenvalue weighted by Gasteiger charge is 2.42. The minimum Gasteiger partial charge on any atom is -0.458 e. The Morgan fingerprint density at radius 2 is 1.85 bits per heavy atom. The summed E-state index contributed by atoms with van der Waals surface area (Å²) >= 11 is 3.34. The lowest BCUT2D eigenvalue weighted by molar-refractivity contribution is -0.222. The molecule has 0 unspecified atom stereocenters. The number of rotatable bonds is 7. The van der Waals surface area contributed by atoms with Crippen molar-refractivity contribution in [1.82, 2.24) is 5.32 Å². The third kappa shape index (κ3) is 7.19. The van der Waals surface area contributed by atoms with Crippen LogP contribution in [0, 0.1) is 5.92 Å². The number of carbonyl (C=O) groups excluding carboxylic acids is 3. The fourth-order valence-electron chi connectivity index (χ4n) is 4.01. The van der Waals surface area contributed by atoms with Crippen LogP contribution in [0.25, 0.3) is 0 Å². The van der Waals surface area contributed by atoms with E-state index in [4.69, 9.17) is 14.2 Å². The van der Waals surface area contributed by atoms with Gasteiger partial charge in [-0.1, -0.05) is 35.0 Å². The van der Waals surface area contributed by atoms with E-state index in [9.17, 15) is 14.4 Å². The number of ether oxygens (including phenoxy) is 3. The second kappa shape index (κ2) is 11.0. The van der Waals surface area contributed by atoms with Crippen molar-refractivity contribution in [3.8, 4) is 0 Å². The third-order valence-corrected chi connectivity index (χ3v) is 6.01. The maximum Gasteiger partial charge on any atom is 0.350 e. The summed E-state index contributed by atoms with van der Waals surface area (Å²) in [6, 6.07) is 7.19. The van der Waals surface area contributed by atoms with E-state index < -0.39 is 17.7 Å². The molecule has 2 aliphatic heterocycles. The van der Waals surface area contributed by atoms with Crippen LogP contribution in [0.3, 0.4) is 0 Å². The van der Waals surface area contributed by atoms with Gasteiger partial charge in [0.25, 0.3) is 5.79 Å². The zero-order valence-electron chi connectivity index (χ0n) is 19.2. The second-order valence-corrected chi connectivity index (χ2v) is 9.84. The smallest absolute Gasteiger partial charge is 0.350 e. The topological polar surface area (TPSA) is 90.9 Å². The van der Waals surface area contributed by atoms with Gasteiger partial charge in [-0.3, -0.25) is 0 Å². The number of unbranched alkanes of at least 4 members (excludes halogenated alkanes) is 1. The molecular weight excluding hydrogens is 490 g/mol. The van der Waals surface area contributed by atoms with Crippen molar-refractivity contribution in [1.29, 1.82) is 0 Å². The largest absolute Gasteiger partial charge is 0.458 e. The number of hydrogen-bond acceptors (Lipinski definition) is 7. The molecule has 2 fully saturated rings. The monoisotopic (exact) mass is 519 g/mol. The van der Waals surface area contributed by atoms with E-state index in [1.807, 2.05) is 12.2 Å². The summed E-state index contributed by atoms with van der Waals surface area (Å²) in [4.78, 5) is 36.7. The first kappa shape index (κ1) is 25.0. The van der Waals surface area contributed by atoms with Crippen molar-refractivity contribution in [2.75, 3.05) is 6.61 Å². The van der Waals surface area contributed by atoms with Gasteiger partial charge in [-0.05, 0) is 62.3 Å². The van der Waals surface area contributed by atoms with E-state index in [0.29, 0.717) is 23.6 Å². The minimum absolute atomic E-state index is 0.0154. The van der Waals surface area contributed by atoms with Gasteiger partial charge in [0.15, 0.2) is 5.57 Å². The molecule has 1 aromatic rings. The summed E-state index contributed by atoms with van der Waals surface area (Å²) in [5.41, 5.74) is 1.11. The Bertz CT molecular complexity index is 928. The number of allylic oxidation sites excluding steroid dienone is 2. The number of carbonyl (C=O) groups is 3. The predicted octanol–water partition coefficient (Wildman–Crippen LogP) is 4.81. The van der Waals surface area contributed by atoms with Crippen molar-refractivity contribution < 1.29 is 28.6 Å². The zero-order valence-corrected chi connectivity index (χ0v) is 20.8. The molecule has 0 saturated carbocycles. The number of cyclic esters (lactones) is 2. The first-order chi connectivity index (χ1) is 15.6. The average molecular weight is 520 g/mol. The molecule has 0 aromatic heterocycles. The quantitative estimate of drug-likeness (QED) is 0.181. The van der Waals surface area contributed by atoms with Gasteiger partial charge in [0.05, 0.1) is 5.56 Å². The normalized spacial score (nSPS) is 22.5. The van der Waals surface area contributed by atoms with E-state index in [-0.39, 0.29) is 24.2 Å². The molecule has 0 amide bonds. The summed E-state index contributed by atoms with van der Waals surface area (Å²) in [5, 5.41) is 3.36. The molecule has 33 heavy (non-hydrogen) atoms. The molecule has 178 valence electrons. The lowest BCUT2D eigenvalue weighted by Crippen LogP contribution is -2.45. The Hall–Kier alpha value is -2.61. The molecule has 0 spiro atoms. The summed E-state index contributed by atoms with van der Waals surface area (Å²) in [6.45, 7) is 5.42. The summed E-state index contributed by atoms with van der Waals surface area (Å²) in [6.07, 6.45) is 8.06. The highest BCUT2D eigenvalue weighted by atomic mass is 79.9. The number of nitrogens with one attached hydrogen (secondary N) is 1. The summed E-state index contributed by atoms with van der Waals surface area (Å²) in [7, 11) is 0. The van der Waals surface area contributed by atoms with Crippen molar-refractivity contribution in [3.05, 3.63) is 57.7 Å². The first-order valence-electron chi connectivity index (χ1n) is 11.2. The molecule has 1 aromatic carbocycles. The lowest BCUT2D eigenvalue weighted by atomic mass is 9.88. The fraction of sp³-hybridized carbons (Fsp3) is 0.480. The van der Waals surface area contributed by atoms with E-state index in [0.717, 1.165) is 30.2 Å². The van der Waals surface area contributed by atoms with Crippen molar-refractivity contribution in [2.24, 2.45) is 5.92 Å². The van der Waals surface area contributed by atoms with Crippen LogP contribution in [0.15, 0.2) is 52.2 Å². The molecule has 0 radical (unpaired) electrons. The van der Waals surface area contributed by atoms with E-state index in [1.54, 1.807) is 38.1 Å². The molecule has 3 rings (SSSR count). The SMILES string of the molecule is C[C@@H]1CC(=C2C(=O)OC(C)(C)OC2=O)N[C@H](CCC/C=C\COC(=O)c2ccc(Br)cc2)C1. The number of halogens is 1. The molecule has 2 aliphatic rings. The maximum absolute atomic E-state index is 12.4. The van der Waals surface area contributed by atoms with Crippen LogP contribution in [0.1, 0.15) is 63.2 Å². The molecule has 1 N–H and O–H groups in total. The Balaban J connectivity index is 1.44. The molecule has 2 atom stereocenters. The van der Waals surface area contributed by atoms with Crippen LogP contribution in [-0.2, 0) is 23.8 Å². The lowest BCUT2D eigenvalue weighted by Gasteiger charge is -2.35. The number of hydrogen-bond donors (Lipinski definition) is 1. The van der Waals surface area contributed by atoms with Gasteiger partial charge >= 0.3 is 17.9 Å². The van der Waals surface area contributed by atoms with Crippen molar-refractivity contribution in [3.63, 3.8) is 0 Å². The Morgan fingerprint density at radius 3 is 2.52 bits per heavy atom. The minimum atomic E-state index is -1.24. The molecular formula is C25H30BrNO6. The maximum atomic E-state index is 12.4. The molecule has 0 bridgehead atoms. The predicted molar refractivity (Wildman–Crippen MR) is 126 cm³/mol. The summed E-state index contributed by atoms with van der Waals surface area (Å²) < 4.78 is 16.6. The standard InChI is InChI=1S/C25H30BrNO6/c1-16-14-19(27-20(15-16)21-23(29)32-25(2,3)33-24(21)30)8-6-4-5-7-13-31-22(28)17-9-11-18(26)12-10-17/h5,7,9-12,16,19,27H,4,6,8,13-15H2,1-3H3/b7-5-/t16-,19+/m0/s1. The van der Waals surface area contributed by atoms with Crippen LogP contribution in [0.5, 0.6) is 0 Å². The highest BCUT2D eigenvalue weighted by Crippen LogP contribution is 2.31. The highest BCUT2D eigenvalue weighted by molar-refractivity contribution is 9.10. The fourth-order valence-corrected chi connectivity index (χ4v) is 4.27. The van der Waals surface area contributed by atoms with Gasteiger partial charge in [0, 0.05) is 30.1 Å². The second-order valence-electron chi connectivity index (χ2n) is 8.93.